The van der Waals surface area contributed by atoms with E-state index in [1.165, 1.54) is 6.42 Å². The molecule has 0 bridgehead atoms. The standard InChI is InChI=1S/C24H48O3Si/c1-16(2)21-14-19(18(21)5)13-20(15-28(11,12)26-10)27-22(25)24(9,17(3)4)23(6,7)8/h16-21H,13-15H2,1-12H3. The first-order chi connectivity index (χ1) is 12.6. The van der Waals surface area contributed by atoms with Crippen LogP contribution in [0, 0.1) is 40.4 Å². The van der Waals surface area contributed by atoms with Crippen molar-refractivity contribution in [2.45, 2.75) is 100 Å². The molecule has 5 unspecified atom stereocenters. The average molecular weight is 413 g/mol. The highest BCUT2D eigenvalue weighted by atomic mass is 28.4. The molecule has 0 aromatic heterocycles. The molecule has 1 fully saturated rings. The SMILES string of the molecule is CO[Si](C)(C)CC(CC1CC(C(C)C)C1C)OC(=O)C(C)(C(C)C)C(C)(C)C. The van der Waals surface area contributed by atoms with Gasteiger partial charge in [-0.25, -0.2) is 0 Å². The highest BCUT2D eigenvalue weighted by Gasteiger charge is 2.49. The third-order valence-electron chi connectivity index (χ3n) is 8.10. The maximum Gasteiger partial charge on any atom is 0.312 e. The van der Waals surface area contributed by atoms with E-state index in [1.807, 2.05) is 0 Å². The van der Waals surface area contributed by atoms with Crippen LogP contribution < -0.4 is 0 Å². The highest BCUT2D eigenvalue weighted by Crippen LogP contribution is 2.49. The summed E-state index contributed by atoms with van der Waals surface area (Å²) in [5.74, 6) is 3.11. The smallest absolute Gasteiger partial charge is 0.312 e. The van der Waals surface area contributed by atoms with Crippen LogP contribution in [0.1, 0.15) is 75.2 Å². The molecule has 4 heteroatoms. The van der Waals surface area contributed by atoms with Gasteiger partial charge in [0.25, 0.3) is 0 Å². The summed E-state index contributed by atoms with van der Waals surface area (Å²) in [6.07, 6.45) is 2.21. The minimum Gasteiger partial charge on any atom is -0.462 e. The Hall–Kier alpha value is -0.353. The van der Waals surface area contributed by atoms with Crippen LogP contribution in [0.25, 0.3) is 0 Å². The Morgan fingerprint density at radius 3 is 2.00 bits per heavy atom. The van der Waals surface area contributed by atoms with Crippen LogP contribution in [-0.2, 0) is 14.0 Å². The summed E-state index contributed by atoms with van der Waals surface area (Å²) in [4.78, 5) is 13.4. The maximum absolute atomic E-state index is 13.4. The van der Waals surface area contributed by atoms with Gasteiger partial charge in [-0.05, 0) is 67.9 Å². The molecule has 5 atom stereocenters. The summed E-state index contributed by atoms with van der Waals surface area (Å²) < 4.78 is 12.1. The fraction of sp³-hybridized carbons (Fsp3) is 0.958. The number of esters is 1. The molecule has 0 amide bonds. The molecule has 1 saturated carbocycles. The molecular weight excluding hydrogens is 364 g/mol. The van der Waals surface area contributed by atoms with Crippen LogP contribution in [0.3, 0.4) is 0 Å². The van der Waals surface area contributed by atoms with E-state index in [4.69, 9.17) is 9.16 Å². The lowest BCUT2D eigenvalue weighted by Gasteiger charge is -2.48. The van der Waals surface area contributed by atoms with Crippen molar-refractivity contribution in [3.63, 3.8) is 0 Å². The topological polar surface area (TPSA) is 35.5 Å². The lowest BCUT2D eigenvalue weighted by atomic mass is 9.60. The molecule has 0 saturated heterocycles. The Bertz CT molecular complexity index is 520. The summed E-state index contributed by atoms with van der Waals surface area (Å²) >= 11 is 0. The Morgan fingerprint density at radius 2 is 1.64 bits per heavy atom. The highest BCUT2D eigenvalue weighted by molar-refractivity contribution is 6.71. The van der Waals surface area contributed by atoms with E-state index in [0.717, 1.165) is 24.3 Å². The number of carbonyl (C=O) groups is 1. The van der Waals surface area contributed by atoms with E-state index in [1.54, 1.807) is 7.11 Å². The van der Waals surface area contributed by atoms with Gasteiger partial charge in [0, 0.05) is 13.2 Å². The first-order valence-electron chi connectivity index (χ1n) is 11.3. The molecule has 0 N–H and O–H groups in total. The molecular formula is C24H48O3Si. The van der Waals surface area contributed by atoms with Gasteiger partial charge in [-0.3, -0.25) is 4.79 Å². The maximum atomic E-state index is 13.4. The van der Waals surface area contributed by atoms with Crippen molar-refractivity contribution in [1.82, 2.24) is 0 Å². The molecule has 166 valence electrons. The molecule has 1 aliphatic carbocycles. The molecule has 0 aliphatic heterocycles. The normalized spacial score (nSPS) is 26.7. The van der Waals surface area contributed by atoms with Gasteiger partial charge in [0.15, 0.2) is 8.32 Å². The summed E-state index contributed by atoms with van der Waals surface area (Å²) in [7, 11) is -0.0281. The summed E-state index contributed by atoms with van der Waals surface area (Å²) in [5.41, 5.74) is -0.654. The van der Waals surface area contributed by atoms with Crippen molar-refractivity contribution in [1.29, 1.82) is 0 Å². The Labute approximate surface area is 176 Å². The van der Waals surface area contributed by atoms with Crippen LogP contribution in [-0.4, -0.2) is 27.5 Å². The number of ether oxygens (including phenoxy) is 1. The second kappa shape index (κ2) is 9.20. The third-order valence-corrected chi connectivity index (χ3v) is 10.6. The van der Waals surface area contributed by atoms with Gasteiger partial charge in [0.05, 0.1) is 5.41 Å². The second-order valence-electron chi connectivity index (χ2n) is 11.8. The lowest BCUT2D eigenvalue weighted by molar-refractivity contribution is -0.173. The van der Waals surface area contributed by atoms with Crippen molar-refractivity contribution in [2.24, 2.45) is 40.4 Å². The molecule has 0 spiro atoms. The number of rotatable bonds is 9. The second-order valence-corrected chi connectivity index (χ2v) is 16.1. The quantitative estimate of drug-likeness (QED) is 0.309. The van der Waals surface area contributed by atoms with Crippen molar-refractivity contribution in [3.8, 4) is 0 Å². The van der Waals surface area contributed by atoms with Crippen molar-refractivity contribution in [3.05, 3.63) is 0 Å². The predicted octanol–water partition coefficient (Wildman–Crippen LogP) is 6.78. The van der Waals surface area contributed by atoms with Gasteiger partial charge < -0.3 is 9.16 Å². The van der Waals surface area contributed by atoms with E-state index in [2.05, 4.69) is 75.4 Å². The summed E-state index contributed by atoms with van der Waals surface area (Å²) in [5, 5.41) is 0. The van der Waals surface area contributed by atoms with E-state index in [-0.39, 0.29) is 23.4 Å². The first-order valence-corrected chi connectivity index (χ1v) is 14.4. The van der Waals surface area contributed by atoms with Crippen LogP contribution in [0.5, 0.6) is 0 Å². The van der Waals surface area contributed by atoms with E-state index in [9.17, 15) is 4.79 Å². The molecule has 1 rings (SSSR count). The number of hydrogen-bond acceptors (Lipinski definition) is 3. The van der Waals surface area contributed by atoms with Crippen molar-refractivity contribution in [2.75, 3.05) is 7.11 Å². The van der Waals surface area contributed by atoms with Crippen LogP contribution in [0.4, 0.5) is 0 Å². The number of hydrogen-bond donors (Lipinski definition) is 0. The molecule has 1 aliphatic rings. The third kappa shape index (κ3) is 5.62. The first kappa shape index (κ1) is 25.7. The van der Waals surface area contributed by atoms with Gasteiger partial charge in [0.2, 0.25) is 0 Å². The van der Waals surface area contributed by atoms with Gasteiger partial charge >= 0.3 is 5.97 Å². The van der Waals surface area contributed by atoms with Gasteiger partial charge in [-0.1, -0.05) is 55.4 Å². The van der Waals surface area contributed by atoms with E-state index in [0.29, 0.717) is 11.8 Å². The largest absolute Gasteiger partial charge is 0.462 e. The minimum absolute atomic E-state index is 0.0323. The lowest BCUT2D eigenvalue weighted by Crippen LogP contribution is -2.48. The van der Waals surface area contributed by atoms with Crippen LogP contribution in [0.15, 0.2) is 0 Å². The fourth-order valence-electron chi connectivity index (χ4n) is 4.95. The molecule has 0 aromatic carbocycles. The monoisotopic (exact) mass is 412 g/mol. The van der Waals surface area contributed by atoms with Crippen molar-refractivity contribution >= 4 is 14.3 Å². The Morgan fingerprint density at radius 1 is 1.11 bits per heavy atom. The molecule has 3 nitrogen and oxygen atoms in total. The van der Waals surface area contributed by atoms with Crippen molar-refractivity contribution < 1.29 is 14.0 Å². The zero-order chi connectivity index (χ0) is 22.1. The minimum atomic E-state index is -1.83. The van der Waals surface area contributed by atoms with Crippen LogP contribution >= 0.6 is 0 Å². The zero-order valence-electron chi connectivity index (χ0n) is 20.8. The zero-order valence-corrected chi connectivity index (χ0v) is 21.8. The van der Waals surface area contributed by atoms with Gasteiger partial charge in [-0.15, -0.1) is 0 Å². The molecule has 28 heavy (non-hydrogen) atoms. The van der Waals surface area contributed by atoms with Crippen LogP contribution in [0.2, 0.25) is 19.1 Å². The molecule has 0 radical (unpaired) electrons. The fourth-order valence-corrected chi connectivity index (χ4v) is 6.46. The van der Waals surface area contributed by atoms with Gasteiger partial charge in [0.1, 0.15) is 6.10 Å². The van der Waals surface area contributed by atoms with E-state index < -0.39 is 13.7 Å². The van der Waals surface area contributed by atoms with Gasteiger partial charge in [-0.2, -0.15) is 0 Å². The predicted molar refractivity (Wildman–Crippen MR) is 122 cm³/mol. The summed E-state index contributed by atoms with van der Waals surface area (Å²) in [6.45, 7) is 24.3. The number of carbonyl (C=O) groups excluding carboxylic acids is 1. The summed E-state index contributed by atoms with van der Waals surface area (Å²) in [6, 6.07) is 0.878. The Balaban J connectivity index is 2.99. The molecule has 0 aromatic rings. The molecule has 0 heterocycles. The Kier molecular flexibility index (Phi) is 8.44. The van der Waals surface area contributed by atoms with E-state index >= 15 is 0 Å². The average Bonchev–Trinajstić information content (AvgIpc) is 2.54.